The number of nitrogens with one attached hydrogen (secondary N) is 2. The molecule has 1 aromatic carbocycles. The number of halogens is 3. The fourth-order valence-electron chi connectivity index (χ4n) is 2.94. The number of carbonyl (C=O) groups excluding carboxylic acids is 1. The number of benzene rings is 1. The van der Waals surface area contributed by atoms with Crippen molar-refractivity contribution in [1.82, 2.24) is 20.4 Å². The monoisotopic (exact) mass is 352 g/mol. The van der Waals surface area contributed by atoms with Gasteiger partial charge < -0.3 is 10.6 Å². The lowest BCUT2D eigenvalue weighted by Crippen LogP contribution is -2.50. The number of rotatable bonds is 3. The number of alkyl halides is 3. The van der Waals surface area contributed by atoms with Gasteiger partial charge in [0.2, 0.25) is 0 Å². The third kappa shape index (κ3) is 3.84. The lowest BCUT2D eigenvalue weighted by Gasteiger charge is -2.30. The summed E-state index contributed by atoms with van der Waals surface area (Å²) in [5, 5.41) is 9.91. The SMILES string of the molecule is CC1CCNCC1NC(=O)c1cccc(-n2nccc2C(F)(F)F)c1. The van der Waals surface area contributed by atoms with Crippen LogP contribution in [0.2, 0.25) is 0 Å². The number of hydrogen-bond acceptors (Lipinski definition) is 3. The molecule has 1 aromatic heterocycles. The van der Waals surface area contributed by atoms with Crippen LogP contribution >= 0.6 is 0 Å². The van der Waals surface area contributed by atoms with Gasteiger partial charge >= 0.3 is 6.18 Å². The first kappa shape index (κ1) is 17.5. The Morgan fingerprint density at radius 1 is 1.36 bits per heavy atom. The Labute approximate surface area is 143 Å². The number of aromatic nitrogens is 2. The van der Waals surface area contributed by atoms with E-state index in [0.29, 0.717) is 18.0 Å². The summed E-state index contributed by atoms with van der Waals surface area (Å²) in [4.78, 5) is 12.5. The Balaban J connectivity index is 1.82. The molecule has 2 aromatic rings. The third-order valence-electron chi connectivity index (χ3n) is 4.43. The molecule has 0 radical (unpaired) electrons. The van der Waals surface area contributed by atoms with E-state index in [1.807, 2.05) is 0 Å². The third-order valence-corrected chi connectivity index (χ3v) is 4.43. The zero-order valence-corrected chi connectivity index (χ0v) is 13.7. The molecule has 0 bridgehead atoms. The summed E-state index contributed by atoms with van der Waals surface area (Å²) in [5.41, 5.74) is -0.381. The predicted molar refractivity (Wildman–Crippen MR) is 86.5 cm³/mol. The van der Waals surface area contributed by atoms with Gasteiger partial charge in [0.1, 0.15) is 5.69 Å². The first-order valence-electron chi connectivity index (χ1n) is 8.09. The maximum absolute atomic E-state index is 13.0. The highest BCUT2D eigenvalue weighted by Gasteiger charge is 2.35. The van der Waals surface area contributed by atoms with Crippen LogP contribution in [0.5, 0.6) is 0 Å². The number of amides is 1. The lowest BCUT2D eigenvalue weighted by molar-refractivity contribution is -0.142. The van der Waals surface area contributed by atoms with E-state index in [1.54, 1.807) is 12.1 Å². The van der Waals surface area contributed by atoms with E-state index in [4.69, 9.17) is 0 Å². The van der Waals surface area contributed by atoms with Gasteiger partial charge in [0, 0.05) is 18.2 Å². The van der Waals surface area contributed by atoms with Crippen molar-refractivity contribution in [3.05, 3.63) is 47.8 Å². The van der Waals surface area contributed by atoms with E-state index in [2.05, 4.69) is 22.7 Å². The van der Waals surface area contributed by atoms with Crippen molar-refractivity contribution in [2.75, 3.05) is 13.1 Å². The van der Waals surface area contributed by atoms with Gasteiger partial charge in [0.15, 0.2) is 0 Å². The molecular weight excluding hydrogens is 333 g/mol. The molecule has 1 amide bonds. The van der Waals surface area contributed by atoms with Crippen molar-refractivity contribution in [3.8, 4) is 5.69 Å². The maximum atomic E-state index is 13.0. The summed E-state index contributed by atoms with van der Waals surface area (Å²) in [7, 11) is 0. The van der Waals surface area contributed by atoms with Crippen LogP contribution in [0, 0.1) is 5.92 Å². The molecule has 8 heteroatoms. The molecule has 2 unspecified atom stereocenters. The Morgan fingerprint density at radius 3 is 2.88 bits per heavy atom. The molecule has 2 atom stereocenters. The van der Waals surface area contributed by atoms with Gasteiger partial charge in [0.05, 0.1) is 11.9 Å². The number of piperidine rings is 1. The van der Waals surface area contributed by atoms with Crippen molar-refractivity contribution in [3.63, 3.8) is 0 Å². The first-order valence-corrected chi connectivity index (χ1v) is 8.09. The second kappa shape index (κ2) is 6.87. The average Bonchev–Trinajstić information content (AvgIpc) is 3.07. The van der Waals surface area contributed by atoms with Gasteiger partial charge in [-0.15, -0.1) is 0 Å². The molecule has 1 aliphatic rings. The highest BCUT2D eigenvalue weighted by atomic mass is 19.4. The molecule has 1 saturated heterocycles. The Bertz CT molecular complexity index is 756. The highest BCUT2D eigenvalue weighted by Crippen LogP contribution is 2.30. The van der Waals surface area contributed by atoms with Crippen molar-refractivity contribution in [2.45, 2.75) is 25.6 Å². The second-order valence-electron chi connectivity index (χ2n) is 6.23. The lowest BCUT2D eigenvalue weighted by atomic mass is 9.94. The summed E-state index contributed by atoms with van der Waals surface area (Å²) in [5.74, 6) is 0.0412. The minimum Gasteiger partial charge on any atom is -0.348 e. The number of hydrogen-bond donors (Lipinski definition) is 2. The molecule has 3 rings (SSSR count). The standard InChI is InChI=1S/C17H19F3N4O/c1-11-5-7-21-10-14(11)23-16(25)12-3-2-4-13(9-12)24-15(6-8-22-24)17(18,19)20/h2-4,6,8-9,11,14,21H,5,7,10H2,1H3,(H,23,25). The van der Waals surface area contributed by atoms with Crippen molar-refractivity contribution in [2.24, 2.45) is 5.92 Å². The Kier molecular flexibility index (Phi) is 4.80. The van der Waals surface area contributed by atoms with E-state index in [1.165, 1.54) is 12.1 Å². The zero-order chi connectivity index (χ0) is 18.0. The normalized spacial score (nSPS) is 21.1. The molecule has 2 heterocycles. The molecule has 134 valence electrons. The van der Waals surface area contributed by atoms with Crippen molar-refractivity contribution in [1.29, 1.82) is 0 Å². The number of carbonyl (C=O) groups is 1. The smallest absolute Gasteiger partial charge is 0.348 e. The van der Waals surface area contributed by atoms with E-state index in [0.717, 1.165) is 29.9 Å². The summed E-state index contributed by atoms with van der Waals surface area (Å²) < 4.78 is 39.9. The van der Waals surface area contributed by atoms with E-state index >= 15 is 0 Å². The molecule has 0 spiro atoms. The fraction of sp³-hybridized carbons (Fsp3) is 0.412. The molecule has 0 saturated carbocycles. The topological polar surface area (TPSA) is 58.9 Å². The minimum absolute atomic E-state index is 0.000320. The van der Waals surface area contributed by atoms with Crippen LogP contribution in [0.4, 0.5) is 13.2 Å². The van der Waals surface area contributed by atoms with Gasteiger partial charge in [-0.2, -0.15) is 18.3 Å². The first-order chi connectivity index (χ1) is 11.9. The molecule has 1 fully saturated rings. The average molecular weight is 352 g/mol. The van der Waals surface area contributed by atoms with Crippen LogP contribution in [0.1, 0.15) is 29.4 Å². The fourth-order valence-corrected chi connectivity index (χ4v) is 2.94. The minimum atomic E-state index is -4.52. The van der Waals surface area contributed by atoms with Gasteiger partial charge in [-0.3, -0.25) is 4.79 Å². The Morgan fingerprint density at radius 2 is 2.16 bits per heavy atom. The quantitative estimate of drug-likeness (QED) is 0.893. The zero-order valence-electron chi connectivity index (χ0n) is 13.7. The van der Waals surface area contributed by atoms with Crippen LogP contribution in [-0.4, -0.2) is 34.8 Å². The molecule has 5 nitrogen and oxygen atoms in total. The largest absolute Gasteiger partial charge is 0.433 e. The van der Waals surface area contributed by atoms with E-state index in [-0.39, 0.29) is 17.6 Å². The van der Waals surface area contributed by atoms with Gasteiger partial charge in [-0.1, -0.05) is 13.0 Å². The van der Waals surface area contributed by atoms with Crippen molar-refractivity contribution < 1.29 is 18.0 Å². The molecule has 1 aliphatic heterocycles. The molecule has 2 N–H and O–H groups in total. The van der Waals surface area contributed by atoms with Crippen molar-refractivity contribution >= 4 is 5.91 Å². The van der Waals surface area contributed by atoms with Gasteiger partial charge in [-0.25, -0.2) is 4.68 Å². The summed E-state index contributed by atoms with van der Waals surface area (Å²) in [6.07, 6.45) is -2.46. The van der Waals surface area contributed by atoms with Gasteiger partial charge in [0.25, 0.3) is 5.91 Å². The van der Waals surface area contributed by atoms with Crippen LogP contribution in [0.3, 0.4) is 0 Å². The highest BCUT2D eigenvalue weighted by molar-refractivity contribution is 5.95. The second-order valence-corrected chi connectivity index (χ2v) is 6.23. The Hall–Kier alpha value is -2.35. The van der Waals surface area contributed by atoms with Gasteiger partial charge in [-0.05, 0) is 43.1 Å². The predicted octanol–water partition coefficient (Wildman–Crippen LogP) is 2.62. The maximum Gasteiger partial charge on any atom is 0.433 e. The van der Waals surface area contributed by atoms with E-state index in [9.17, 15) is 18.0 Å². The summed E-state index contributed by atoms with van der Waals surface area (Å²) in [6, 6.07) is 6.94. The van der Waals surface area contributed by atoms with Crippen LogP contribution in [0.15, 0.2) is 36.5 Å². The molecule has 25 heavy (non-hydrogen) atoms. The number of nitrogens with zero attached hydrogens (tertiary/aromatic N) is 2. The molecule has 0 aliphatic carbocycles. The van der Waals surface area contributed by atoms with Crippen LogP contribution < -0.4 is 10.6 Å². The van der Waals surface area contributed by atoms with Crippen LogP contribution in [-0.2, 0) is 6.18 Å². The molecular formula is C17H19F3N4O. The summed E-state index contributed by atoms with van der Waals surface area (Å²) >= 11 is 0. The van der Waals surface area contributed by atoms with E-state index < -0.39 is 11.9 Å². The summed E-state index contributed by atoms with van der Waals surface area (Å²) in [6.45, 7) is 3.67. The van der Waals surface area contributed by atoms with Crippen LogP contribution in [0.25, 0.3) is 5.69 Å².